The maximum atomic E-state index is 12.3. The Bertz CT molecular complexity index is 834. The lowest BCUT2D eigenvalue weighted by Crippen LogP contribution is -2.46. The molecule has 140 valence electrons. The standard InChI is InChI=1S/C20H24N6O/c27-20-17-4-3-7-26(17)19-16(23-20)12-15(13-22-19)14-24-8-10-25(11-9-24)18-5-1-2-6-21-18/h1-2,5-6,12-13,17H,3-4,7-11,14H2,(H,23,27). The molecular weight excluding hydrogens is 340 g/mol. The molecule has 2 aromatic rings. The van der Waals surface area contributed by atoms with Crippen molar-refractivity contribution in [3.05, 3.63) is 42.2 Å². The lowest BCUT2D eigenvalue weighted by molar-refractivity contribution is -0.117. The van der Waals surface area contributed by atoms with Gasteiger partial charge in [-0.05, 0) is 36.6 Å². The molecule has 0 aliphatic carbocycles. The molecule has 5 heterocycles. The first kappa shape index (κ1) is 16.5. The number of amides is 1. The van der Waals surface area contributed by atoms with E-state index in [1.54, 1.807) is 0 Å². The van der Waals surface area contributed by atoms with E-state index in [4.69, 9.17) is 0 Å². The molecule has 0 bridgehead atoms. The van der Waals surface area contributed by atoms with E-state index < -0.39 is 0 Å². The first-order chi connectivity index (χ1) is 13.3. The minimum absolute atomic E-state index is 0.0319. The molecule has 0 saturated carbocycles. The van der Waals surface area contributed by atoms with Gasteiger partial charge in [0.25, 0.3) is 0 Å². The highest BCUT2D eigenvalue weighted by atomic mass is 16.2. The normalized spacial score (nSPS) is 22.4. The van der Waals surface area contributed by atoms with Gasteiger partial charge >= 0.3 is 0 Å². The molecule has 1 N–H and O–H groups in total. The van der Waals surface area contributed by atoms with E-state index in [-0.39, 0.29) is 11.9 Å². The average molecular weight is 364 g/mol. The van der Waals surface area contributed by atoms with Gasteiger partial charge in [0.15, 0.2) is 5.82 Å². The van der Waals surface area contributed by atoms with Crippen LogP contribution in [0.4, 0.5) is 17.3 Å². The number of rotatable bonds is 3. The summed E-state index contributed by atoms with van der Waals surface area (Å²) < 4.78 is 0. The third-order valence-electron chi connectivity index (χ3n) is 5.76. The van der Waals surface area contributed by atoms with Crippen molar-refractivity contribution in [2.75, 3.05) is 47.8 Å². The fourth-order valence-electron chi connectivity index (χ4n) is 4.35. The second-order valence-electron chi connectivity index (χ2n) is 7.51. The van der Waals surface area contributed by atoms with Gasteiger partial charge in [-0.2, -0.15) is 0 Å². The number of hydrogen-bond donors (Lipinski definition) is 1. The maximum absolute atomic E-state index is 12.3. The molecule has 2 aromatic heterocycles. The fraction of sp³-hybridized carbons (Fsp3) is 0.450. The monoisotopic (exact) mass is 364 g/mol. The summed E-state index contributed by atoms with van der Waals surface area (Å²) in [5, 5.41) is 3.06. The Morgan fingerprint density at radius 1 is 1.11 bits per heavy atom. The Labute approximate surface area is 159 Å². The van der Waals surface area contributed by atoms with Crippen LogP contribution in [0.15, 0.2) is 36.7 Å². The zero-order valence-corrected chi connectivity index (χ0v) is 15.3. The maximum Gasteiger partial charge on any atom is 0.247 e. The Hall–Kier alpha value is -2.67. The van der Waals surface area contributed by atoms with Crippen LogP contribution in [0.1, 0.15) is 18.4 Å². The second kappa shape index (κ2) is 6.81. The number of nitrogens with one attached hydrogen (secondary N) is 1. The van der Waals surface area contributed by atoms with E-state index in [2.05, 4.69) is 42.1 Å². The summed E-state index contributed by atoms with van der Waals surface area (Å²) in [5.74, 6) is 2.10. The number of nitrogens with zero attached hydrogens (tertiary/aromatic N) is 5. The smallest absolute Gasteiger partial charge is 0.247 e. The third-order valence-corrected chi connectivity index (χ3v) is 5.76. The topological polar surface area (TPSA) is 64.6 Å². The summed E-state index contributed by atoms with van der Waals surface area (Å²) in [5.41, 5.74) is 2.01. The molecular formula is C20H24N6O. The van der Waals surface area contributed by atoms with Crippen LogP contribution in [0.5, 0.6) is 0 Å². The Balaban J connectivity index is 1.25. The van der Waals surface area contributed by atoms with Crippen molar-refractivity contribution >= 4 is 23.2 Å². The lowest BCUT2D eigenvalue weighted by Gasteiger charge is -2.36. The quantitative estimate of drug-likeness (QED) is 0.895. The number of piperazine rings is 1. The Morgan fingerprint density at radius 2 is 2.00 bits per heavy atom. The van der Waals surface area contributed by atoms with Crippen LogP contribution in [0.3, 0.4) is 0 Å². The van der Waals surface area contributed by atoms with Crippen LogP contribution in [0, 0.1) is 0 Å². The summed E-state index contributed by atoms with van der Waals surface area (Å²) in [6.45, 7) is 5.72. The number of carbonyl (C=O) groups is 1. The van der Waals surface area contributed by atoms with E-state index in [1.165, 1.54) is 0 Å². The number of carbonyl (C=O) groups excluding carboxylic acids is 1. The number of aromatic nitrogens is 2. The van der Waals surface area contributed by atoms with Crippen LogP contribution in [0.25, 0.3) is 0 Å². The number of fused-ring (bicyclic) bond motifs is 3. The molecule has 7 heteroatoms. The van der Waals surface area contributed by atoms with Crippen molar-refractivity contribution in [1.82, 2.24) is 14.9 Å². The third kappa shape index (κ3) is 3.12. The van der Waals surface area contributed by atoms with Gasteiger partial charge in [0.2, 0.25) is 5.91 Å². The molecule has 0 spiro atoms. The summed E-state index contributed by atoms with van der Waals surface area (Å²) in [7, 11) is 0. The molecule has 1 unspecified atom stereocenters. The zero-order valence-electron chi connectivity index (χ0n) is 15.3. The van der Waals surface area contributed by atoms with Crippen molar-refractivity contribution in [3.63, 3.8) is 0 Å². The number of anilines is 3. The molecule has 7 nitrogen and oxygen atoms in total. The largest absolute Gasteiger partial charge is 0.354 e. The van der Waals surface area contributed by atoms with Gasteiger partial charge in [-0.15, -0.1) is 0 Å². The second-order valence-corrected chi connectivity index (χ2v) is 7.51. The predicted octanol–water partition coefficient (Wildman–Crippen LogP) is 1.72. The molecule has 1 amide bonds. The minimum atomic E-state index is -0.0319. The molecule has 2 fully saturated rings. The zero-order chi connectivity index (χ0) is 18.2. The van der Waals surface area contributed by atoms with Crippen LogP contribution >= 0.6 is 0 Å². The summed E-state index contributed by atoms with van der Waals surface area (Å²) in [6, 6.07) is 8.12. The van der Waals surface area contributed by atoms with Crippen molar-refractivity contribution in [2.45, 2.75) is 25.4 Å². The van der Waals surface area contributed by atoms with Crippen LogP contribution in [0.2, 0.25) is 0 Å². The summed E-state index contributed by atoms with van der Waals surface area (Å²) in [4.78, 5) is 28.4. The van der Waals surface area contributed by atoms with Gasteiger partial charge in [0.1, 0.15) is 11.9 Å². The molecule has 5 rings (SSSR count). The van der Waals surface area contributed by atoms with Crippen molar-refractivity contribution in [1.29, 1.82) is 0 Å². The number of hydrogen-bond acceptors (Lipinski definition) is 6. The van der Waals surface area contributed by atoms with Crippen molar-refractivity contribution in [2.24, 2.45) is 0 Å². The first-order valence-corrected chi connectivity index (χ1v) is 9.73. The van der Waals surface area contributed by atoms with Gasteiger partial charge in [-0.3, -0.25) is 9.69 Å². The van der Waals surface area contributed by atoms with E-state index in [9.17, 15) is 4.79 Å². The minimum Gasteiger partial charge on any atom is -0.354 e. The van der Waals surface area contributed by atoms with Crippen molar-refractivity contribution < 1.29 is 4.79 Å². The lowest BCUT2D eigenvalue weighted by atomic mass is 10.1. The first-order valence-electron chi connectivity index (χ1n) is 9.73. The Morgan fingerprint density at radius 3 is 2.81 bits per heavy atom. The molecule has 0 radical (unpaired) electrons. The van der Waals surface area contributed by atoms with E-state index in [1.807, 2.05) is 24.5 Å². The van der Waals surface area contributed by atoms with Crippen molar-refractivity contribution in [3.8, 4) is 0 Å². The average Bonchev–Trinajstić information content (AvgIpc) is 3.20. The SMILES string of the molecule is O=C1Nc2cc(CN3CCN(c4ccccn4)CC3)cnc2N2CCCC12. The highest BCUT2D eigenvalue weighted by Crippen LogP contribution is 2.35. The predicted molar refractivity (Wildman–Crippen MR) is 105 cm³/mol. The van der Waals surface area contributed by atoms with E-state index in [0.717, 1.165) is 75.0 Å². The van der Waals surface area contributed by atoms with Crippen LogP contribution < -0.4 is 15.1 Å². The highest BCUT2D eigenvalue weighted by Gasteiger charge is 2.37. The molecule has 2 saturated heterocycles. The van der Waals surface area contributed by atoms with E-state index in [0.29, 0.717) is 0 Å². The van der Waals surface area contributed by atoms with Gasteiger partial charge in [0.05, 0.1) is 5.69 Å². The molecule has 27 heavy (non-hydrogen) atoms. The fourth-order valence-corrected chi connectivity index (χ4v) is 4.35. The molecule has 3 aliphatic heterocycles. The summed E-state index contributed by atoms with van der Waals surface area (Å²) >= 11 is 0. The van der Waals surface area contributed by atoms with Gasteiger partial charge in [-0.1, -0.05) is 6.07 Å². The molecule has 0 aromatic carbocycles. The van der Waals surface area contributed by atoms with Gasteiger partial charge < -0.3 is 15.1 Å². The molecule has 3 aliphatic rings. The van der Waals surface area contributed by atoms with Gasteiger partial charge in [0, 0.05) is 51.7 Å². The van der Waals surface area contributed by atoms with Crippen LogP contribution in [-0.2, 0) is 11.3 Å². The highest BCUT2D eigenvalue weighted by molar-refractivity contribution is 6.03. The number of pyridine rings is 2. The molecule has 1 atom stereocenters. The van der Waals surface area contributed by atoms with E-state index >= 15 is 0 Å². The van der Waals surface area contributed by atoms with Crippen LogP contribution in [-0.4, -0.2) is 59.5 Å². The summed E-state index contributed by atoms with van der Waals surface area (Å²) in [6.07, 6.45) is 5.80. The Kier molecular flexibility index (Phi) is 4.16. The van der Waals surface area contributed by atoms with Gasteiger partial charge in [-0.25, -0.2) is 9.97 Å².